The molecule has 11 heavy (non-hydrogen) atoms. The lowest BCUT2D eigenvalue weighted by atomic mass is 10.1. The van der Waals surface area contributed by atoms with Crippen LogP contribution < -0.4 is 5.32 Å². The van der Waals surface area contributed by atoms with E-state index in [4.69, 9.17) is 0 Å². The van der Waals surface area contributed by atoms with Gasteiger partial charge in [0.1, 0.15) is 0 Å². The van der Waals surface area contributed by atoms with Crippen molar-refractivity contribution in [2.45, 2.75) is 20.8 Å². The van der Waals surface area contributed by atoms with Crippen LogP contribution in [-0.2, 0) is 4.79 Å². The van der Waals surface area contributed by atoms with Crippen molar-refractivity contribution >= 4 is 5.78 Å². The summed E-state index contributed by atoms with van der Waals surface area (Å²) in [6, 6.07) is 0. The summed E-state index contributed by atoms with van der Waals surface area (Å²) in [4.78, 5) is 11.0. The molecule has 2 nitrogen and oxygen atoms in total. The molecule has 2 heteroatoms. The smallest absolute Gasteiger partial charge is 0.157 e. The molecule has 0 rings (SSSR count). The number of hydrogen-bond acceptors (Lipinski definition) is 2. The predicted molar refractivity (Wildman–Crippen MR) is 47.5 cm³/mol. The zero-order chi connectivity index (χ0) is 8.69. The molecule has 0 heterocycles. The van der Waals surface area contributed by atoms with Gasteiger partial charge in [-0.05, 0) is 12.6 Å². The number of hydrogen-bond donors (Lipinski definition) is 1. The molecule has 0 saturated carbocycles. The van der Waals surface area contributed by atoms with Gasteiger partial charge in [-0.2, -0.15) is 0 Å². The van der Waals surface area contributed by atoms with Crippen molar-refractivity contribution in [3.8, 4) is 0 Å². The number of allylic oxidation sites excluding steroid dienone is 1. The van der Waals surface area contributed by atoms with Crippen molar-refractivity contribution in [2.75, 3.05) is 13.1 Å². The molecular weight excluding hydrogens is 138 g/mol. The van der Waals surface area contributed by atoms with Crippen molar-refractivity contribution in [2.24, 2.45) is 5.92 Å². The summed E-state index contributed by atoms with van der Waals surface area (Å²) in [5.41, 5.74) is 0. The standard InChI is InChI=1S/C9H17NO/c1-4-10-7-5-6-9(11)8(2)3/h5-6,8,10H,4,7H2,1-3H3/b6-5+. The van der Waals surface area contributed by atoms with Gasteiger partial charge in [0.05, 0.1) is 0 Å². The fourth-order valence-corrected chi connectivity index (χ4v) is 0.595. The van der Waals surface area contributed by atoms with E-state index in [-0.39, 0.29) is 11.7 Å². The minimum Gasteiger partial charge on any atom is -0.314 e. The first-order valence-corrected chi connectivity index (χ1v) is 4.09. The molecule has 0 aliphatic heterocycles. The van der Waals surface area contributed by atoms with Crippen molar-refractivity contribution in [1.82, 2.24) is 5.32 Å². The van der Waals surface area contributed by atoms with Crippen molar-refractivity contribution in [3.63, 3.8) is 0 Å². The molecule has 1 N–H and O–H groups in total. The molecule has 0 bridgehead atoms. The SMILES string of the molecule is CCNC/C=C/C(=O)C(C)C. The summed E-state index contributed by atoms with van der Waals surface area (Å²) in [7, 11) is 0. The van der Waals surface area contributed by atoms with Crippen LogP contribution in [0.1, 0.15) is 20.8 Å². The summed E-state index contributed by atoms with van der Waals surface area (Å²) in [6.07, 6.45) is 3.51. The molecule has 0 fully saturated rings. The average molecular weight is 155 g/mol. The summed E-state index contributed by atoms with van der Waals surface area (Å²) < 4.78 is 0. The Labute approximate surface area is 68.7 Å². The van der Waals surface area contributed by atoms with Crippen LogP contribution in [0.5, 0.6) is 0 Å². The lowest BCUT2D eigenvalue weighted by Gasteiger charge is -1.96. The van der Waals surface area contributed by atoms with Gasteiger partial charge in [0.2, 0.25) is 0 Å². The van der Waals surface area contributed by atoms with E-state index in [0.29, 0.717) is 0 Å². The molecule has 0 saturated heterocycles. The Bertz CT molecular complexity index is 138. The maximum absolute atomic E-state index is 11.0. The van der Waals surface area contributed by atoms with Gasteiger partial charge in [0, 0.05) is 12.5 Å². The number of likely N-dealkylation sites (N-methyl/N-ethyl adjacent to an activating group) is 1. The predicted octanol–water partition coefficient (Wildman–Crippen LogP) is 1.38. The molecule has 0 unspecified atom stereocenters. The Morgan fingerprint density at radius 1 is 1.55 bits per heavy atom. The van der Waals surface area contributed by atoms with Crippen LogP contribution in [0.25, 0.3) is 0 Å². The van der Waals surface area contributed by atoms with Gasteiger partial charge < -0.3 is 5.32 Å². The van der Waals surface area contributed by atoms with Crippen LogP contribution in [0.3, 0.4) is 0 Å². The number of carbonyl (C=O) groups is 1. The Balaban J connectivity index is 3.49. The fourth-order valence-electron chi connectivity index (χ4n) is 0.595. The van der Waals surface area contributed by atoms with E-state index in [1.54, 1.807) is 6.08 Å². The highest BCUT2D eigenvalue weighted by Crippen LogP contribution is 1.94. The summed E-state index contributed by atoms with van der Waals surface area (Å²) in [5, 5.41) is 3.10. The van der Waals surface area contributed by atoms with Crippen molar-refractivity contribution in [3.05, 3.63) is 12.2 Å². The number of nitrogens with one attached hydrogen (secondary N) is 1. The van der Waals surface area contributed by atoms with E-state index in [1.807, 2.05) is 26.8 Å². The molecule has 0 aliphatic rings. The molecule has 0 amide bonds. The molecule has 0 spiro atoms. The Morgan fingerprint density at radius 2 is 2.18 bits per heavy atom. The van der Waals surface area contributed by atoms with Gasteiger partial charge in [0.25, 0.3) is 0 Å². The molecule has 0 radical (unpaired) electrons. The summed E-state index contributed by atoms with van der Waals surface area (Å²) in [5.74, 6) is 0.316. The summed E-state index contributed by atoms with van der Waals surface area (Å²) in [6.45, 7) is 7.58. The van der Waals surface area contributed by atoms with Crippen molar-refractivity contribution < 1.29 is 4.79 Å². The van der Waals surface area contributed by atoms with Crippen LogP contribution in [0.2, 0.25) is 0 Å². The van der Waals surface area contributed by atoms with E-state index < -0.39 is 0 Å². The van der Waals surface area contributed by atoms with E-state index >= 15 is 0 Å². The second-order valence-electron chi connectivity index (χ2n) is 2.77. The van der Waals surface area contributed by atoms with Gasteiger partial charge in [-0.1, -0.05) is 26.8 Å². The van der Waals surface area contributed by atoms with Crippen LogP contribution in [0, 0.1) is 5.92 Å². The lowest BCUT2D eigenvalue weighted by molar-refractivity contribution is -0.117. The second-order valence-corrected chi connectivity index (χ2v) is 2.77. The Hall–Kier alpha value is -0.630. The maximum atomic E-state index is 11.0. The van der Waals surface area contributed by atoms with E-state index in [2.05, 4.69) is 5.32 Å². The Kier molecular flexibility index (Phi) is 5.75. The molecule has 64 valence electrons. The van der Waals surface area contributed by atoms with Gasteiger partial charge in [-0.3, -0.25) is 4.79 Å². The monoisotopic (exact) mass is 155 g/mol. The second kappa shape index (κ2) is 6.10. The number of carbonyl (C=O) groups excluding carboxylic acids is 1. The highest BCUT2D eigenvalue weighted by Gasteiger charge is 1.99. The highest BCUT2D eigenvalue weighted by atomic mass is 16.1. The van der Waals surface area contributed by atoms with Gasteiger partial charge >= 0.3 is 0 Å². The topological polar surface area (TPSA) is 29.1 Å². The molecular formula is C9H17NO. The number of rotatable bonds is 5. The zero-order valence-electron chi connectivity index (χ0n) is 7.55. The fraction of sp³-hybridized carbons (Fsp3) is 0.667. The first-order valence-electron chi connectivity index (χ1n) is 4.09. The lowest BCUT2D eigenvalue weighted by Crippen LogP contribution is -2.12. The molecule has 0 aromatic rings. The van der Waals surface area contributed by atoms with Crippen molar-refractivity contribution in [1.29, 1.82) is 0 Å². The van der Waals surface area contributed by atoms with Gasteiger partial charge in [0.15, 0.2) is 5.78 Å². The Morgan fingerprint density at radius 3 is 2.64 bits per heavy atom. The third kappa shape index (κ3) is 5.80. The van der Waals surface area contributed by atoms with E-state index in [0.717, 1.165) is 13.1 Å². The normalized spacial score (nSPS) is 11.3. The maximum Gasteiger partial charge on any atom is 0.157 e. The number of ketones is 1. The van der Waals surface area contributed by atoms with Crippen LogP contribution >= 0.6 is 0 Å². The van der Waals surface area contributed by atoms with E-state index in [1.165, 1.54) is 0 Å². The average Bonchev–Trinajstić information content (AvgIpc) is 1.97. The quantitative estimate of drug-likeness (QED) is 0.480. The summed E-state index contributed by atoms with van der Waals surface area (Å²) >= 11 is 0. The van der Waals surface area contributed by atoms with Crippen LogP contribution in [0.4, 0.5) is 0 Å². The zero-order valence-corrected chi connectivity index (χ0v) is 7.55. The first kappa shape index (κ1) is 10.4. The third-order valence-electron chi connectivity index (χ3n) is 1.36. The van der Waals surface area contributed by atoms with Crippen LogP contribution in [0.15, 0.2) is 12.2 Å². The van der Waals surface area contributed by atoms with Gasteiger partial charge in [-0.15, -0.1) is 0 Å². The van der Waals surface area contributed by atoms with Crippen LogP contribution in [-0.4, -0.2) is 18.9 Å². The molecule has 0 aliphatic carbocycles. The molecule has 0 aromatic carbocycles. The minimum absolute atomic E-state index is 0.118. The third-order valence-corrected chi connectivity index (χ3v) is 1.36. The minimum atomic E-state index is 0.118. The molecule has 0 atom stereocenters. The largest absolute Gasteiger partial charge is 0.314 e. The highest BCUT2D eigenvalue weighted by molar-refractivity contribution is 5.91. The van der Waals surface area contributed by atoms with E-state index in [9.17, 15) is 4.79 Å². The first-order chi connectivity index (χ1) is 5.18. The molecule has 0 aromatic heterocycles. The van der Waals surface area contributed by atoms with Gasteiger partial charge in [-0.25, -0.2) is 0 Å².